The van der Waals surface area contributed by atoms with Crippen LogP contribution in [-0.2, 0) is 0 Å². The minimum atomic E-state index is -0.370. The molecule has 7 heteroatoms. The van der Waals surface area contributed by atoms with Crippen molar-refractivity contribution in [2.45, 2.75) is 6.92 Å². The van der Waals surface area contributed by atoms with Crippen molar-refractivity contribution in [1.82, 2.24) is 4.98 Å². The van der Waals surface area contributed by atoms with E-state index in [1.54, 1.807) is 23.9 Å². The number of aryl methyl sites for hydroxylation is 1. The third kappa shape index (κ3) is 3.40. The second-order valence-corrected chi connectivity index (χ2v) is 6.35. The summed E-state index contributed by atoms with van der Waals surface area (Å²) in [5.74, 6) is 3.99. The first-order valence-electron chi connectivity index (χ1n) is 5.92. The fourth-order valence-corrected chi connectivity index (χ4v) is 3.11. The van der Waals surface area contributed by atoms with Crippen LogP contribution in [0.1, 0.15) is 5.01 Å². The maximum absolute atomic E-state index is 11.1. The van der Waals surface area contributed by atoms with E-state index in [2.05, 4.69) is 16.2 Å². The van der Waals surface area contributed by atoms with E-state index < -0.39 is 0 Å². The molecule has 0 amide bonds. The first-order chi connectivity index (χ1) is 9.61. The third-order valence-electron chi connectivity index (χ3n) is 2.56. The SMILES string of the molecule is C#CCSCCNc1cc2nc(C)sc2cc1[N+](=O)[O-]. The van der Waals surface area contributed by atoms with E-state index in [1.807, 2.05) is 6.92 Å². The summed E-state index contributed by atoms with van der Waals surface area (Å²) in [7, 11) is 0. The van der Waals surface area contributed by atoms with Crippen molar-refractivity contribution in [3.05, 3.63) is 27.3 Å². The summed E-state index contributed by atoms with van der Waals surface area (Å²) in [5.41, 5.74) is 1.38. The predicted octanol–water partition coefficient (Wildman–Crippen LogP) is 3.29. The quantitative estimate of drug-likeness (QED) is 0.384. The number of anilines is 1. The van der Waals surface area contributed by atoms with Gasteiger partial charge in [0.1, 0.15) is 5.69 Å². The molecule has 1 heterocycles. The lowest BCUT2D eigenvalue weighted by Gasteiger charge is -2.06. The molecule has 0 radical (unpaired) electrons. The number of thioether (sulfide) groups is 1. The molecule has 2 aromatic rings. The number of benzene rings is 1. The minimum absolute atomic E-state index is 0.0862. The third-order valence-corrected chi connectivity index (χ3v) is 4.35. The van der Waals surface area contributed by atoms with Crippen LogP contribution in [0.5, 0.6) is 0 Å². The molecule has 0 fully saturated rings. The van der Waals surface area contributed by atoms with E-state index in [0.717, 1.165) is 21.0 Å². The van der Waals surface area contributed by atoms with Gasteiger partial charge < -0.3 is 5.32 Å². The Bertz CT molecular complexity index is 676. The number of nitrogens with one attached hydrogen (secondary N) is 1. The van der Waals surface area contributed by atoms with Gasteiger partial charge in [-0.2, -0.15) is 0 Å². The number of aromatic nitrogens is 1. The molecule has 0 aliphatic rings. The summed E-state index contributed by atoms with van der Waals surface area (Å²) < 4.78 is 0.835. The fraction of sp³-hybridized carbons (Fsp3) is 0.308. The number of hydrogen-bond acceptors (Lipinski definition) is 6. The second-order valence-electron chi connectivity index (χ2n) is 4.01. The van der Waals surface area contributed by atoms with Crippen LogP contribution in [0.2, 0.25) is 0 Å². The molecule has 1 aromatic heterocycles. The van der Waals surface area contributed by atoms with Crippen molar-refractivity contribution < 1.29 is 4.92 Å². The van der Waals surface area contributed by atoms with Crippen molar-refractivity contribution in [2.75, 3.05) is 23.4 Å². The molecule has 0 saturated carbocycles. The number of thiazole rings is 1. The van der Waals surface area contributed by atoms with Gasteiger partial charge in [-0.05, 0) is 13.0 Å². The van der Waals surface area contributed by atoms with Gasteiger partial charge in [0.2, 0.25) is 0 Å². The zero-order valence-electron chi connectivity index (χ0n) is 10.9. The number of terminal acetylenes is 1. The maximum atomic E-state index is 11.1. The highest BCUT2D eigenvalue weighted by atomic mass is 32.2. The standard InChI is InChI=1S/C13H13N3O2S2/c1-3-5-19-6-4-14-10-7-11-13(20-9(2)15-11)8-12(10)16(17)18/h1,7-8,14H,4-6H2,2H3. The predicted molar refractivity (Wildman–Crippen MR) is 85.7 cm³/mol. The number of nitrogens with zero attached hydrogens (tertiary/aromatic N) is 2. The molecule has 0 saturated heterocycles. The van der Waals surface area contributed by atoms with Gasteiger partial charge in [-0.3, -0.25) is 10.1 Å². The molecule has 0 spiro atoms. The van der Waals surface area contributed by atoms with E-state index >= 15 is 0 Å². The molecular weight excluding hydrogens is 294 g/mol. The topological polar surface area (TPSA) is 68.1 Å². The zero-order chi connectivity index (χ0) is 14.5. The highest BCUT2D eigenvalue weighted by Gasteiger charge is 2.16. The first-order valence-corrected chi connectivity index (χ1v) is 7.89. The van der Waals surface area contributed by atoms with E-state index in [-0.39, 0.29) is 10.6 Å². The number of hydrogen-bond donors (Lipinski definition) is 1. The summed E-state index contributed by atoms with van der Waals surface area (Å²) >= 11 is 3.07. The van der Waals surface area contributed by atoms with Gasteiger partial charge >= 0.3 is 0 Å². The lowest BCUT2D eigenvalue weighted by Crippen LogP contribution is -2.06. The van der Waals surface area contributed by atoms with Gasteiger partial charge in [0.15, 0.2) is 0 Å². The summed E-state index contributed by atoms with van der Waals surface area (Å²) in [4.78, 5) is 15.1. The van der Waals surface area contributed by atoms with Gasteiger partial charge in [0.25, 0.3) is 5.69 Å². The molecule has 20 heavy (non-hydrogen) atoms. The number of nitro groups is 1. The van der Waals surface area contributed by atoms with Crippen LogP contribution in [0.25, 0.3) is 10.2 Å². The van der Waals surface area contributed by atoms with Crippen LogP contribution < -0.4 is 5.32 Å². The normalized spacial score (nSPS) is 10.4. The molecule has 104 valence electrons. The Morgan fingerprint density at radius 2 is 2.40 bits per heavy atom. The Morgan fingerprint density at radius 1 is 1.60 bits per heavy atom. The first kappa shape index (κ1) is 14.6. The molecule has 0 aliphatic carbocycles. The smallest absolute Gasteiger partial charge is 0.293 e. The van der Waals surface area contributed by atoms with Crippen molar-refractivity contribution in [2.24, 2.45) is 0 Å². The Morgan fingerprint density at radius 3 is 3.10 bits per heavy atom. The Balaban J connectivity index is 2.19. The van der Waals surface area contributed by atoms with Crippen molar-refractivity contribution >= 4 is 44.7 Å². The summed E-state index contributed by atoms with van der Waals surface area (Å²) in [5, 5.41) is 15.1. The number of nitro benzene ring substituents is 1. The van der Waals surface area contributed by atoms with Crippen LogP contribution in [0.15, 0.2) is 12.1 Å². The largest absolute Gasteiger partial charge is 0.379 e. The maximum Gasteiger partial charge on any atom is 0.293 e. The van der Waals surface area contributed by atoms with Gasteiger partial charge in [-0.1, -0.05) is 5.92 Å². The molecule has 5 nitrogen and oxygen atoms in total. The summed E-state index contributed by atoms with van der Waals surface area (Å²) in [6.45, 7) is 2.52. The van der Waals surface area contributed by atoms with Crippen molar-refractivity contribution in [3.8, 4) is 12.3 Å². The molecule has 0 atom stereocenters. The molecule has 2 rings (SSSR count). The highest BCUT2D eigenvalue weighted by Crippen LogP contribution is 2.32. The number of fused-ring (bicyclic) bond motifs is 1. The van der Waals surface area contributed by atoms with Crippen molar-refractivity contribution in [3.63, 3.8) is 0 Å². The molecule has 1 aromatic carbocycles. The zero-order valence-corrected chi connectivity index (χ0v) is 12.5. The van der Waals surface area contributed by atoms with Crippen LogP contribution in [-0.4, -0.2) is 28.0 Å². The van der Waals surface area contributed by atoms with Gasteiger partial charge in [-0.15, -0.1) is 29.5 Å². The van der Waals surface area contributed by atoms with Crippen LogP contribution in [0, 0.1) is 29.4 Å². The highest BCUT2D eigenvalue weighted by molar-refractivity contribution is 7.99. The van der Waals surface area contributed by atoms with Gasteiger partial charge in [0, 0.05) is 18.4 Å². The Hall–Kier alpha value is -1.78. The van der Waals surface area contributed by atoms with E-state index in [1.165, 1.54) is 11.3 Å². The Labute approximate surface area is 124 Å². The average molecular weight is 307 g/mol. The summed E-state index contributed by atoms with van der Waals surface area (Å²) in [6, 6.07) is 3.32. The monoisotopic (exact) mass is 307 g/mol. The van der Waals surface area contributed by atoms with Gasteiger partial charge in [0.05, 0.1) is 25.9 Å². The second kappa shape index (κ2) is 6.59. The van der Waals surface area contributed by atoms with Gasteiger partial charge in [-0.25, -0.2) is 4.98 Å². The molecule has 0 aliphatic heterocycles. The minimum Gasteiger partial charge on any atom is -0.379 e. The average Bonchev–Trinajstić information content (AvgIpc) is 2.76. The number of rotatable bonds is 6. The van der Waals surface area contributed by atoms with Crippen molar-refractivity contribution in [1.29, 1.82) is 0 Å². The van der Waals surface area contributed by atoms with Crippen LogP contribution in [0.4, 0.5) is 11.4 Å². The van der Waals surface area contributed by atoms with E-state index in [9.17, 15) is 10.1 Å². The summed E-state index contributed by atoms with van der Waals surface area (Å²) in [6.07, 6.45) is 5.16. The lowest BCUT2D eigenvalue weighted by atomic mass is 10.2. The Kier molecular flexibility index (Phi) is 4.82. The van der Waals surface area contributed by atoms with Crippen LogP contribution >= 0.6 is 23.1 Å². The van der Waals surface area contributed by atoms with Crippen LogP contribution in [0.3, 0.4) is 0 Å². The molecule has 0 unspecified atom stereocenters. The lowest BCUT2D eigenvalue weighted by molar-refractivity contribution is -0.383. The van der Waals surface area contributed by atoms with E-state index in [0.29, 0.717) is 18.0 Å². The molecular formula is C13H13N3O2S2. The fourth-order valence-electron chi connectivity index (χ4n) is 1.76. The molecule has 1 N–H and O–H groups in total. The molecule has 0 bridgehead atoms. The van der Waals surface area contributed by atoms with E-state index in [4.69, 9.17) is 6.42 Å².